The van der Waals surface area contributed by atoms with E-state index in [4.69, 9.17) is 4.98 Å². The van der Waals surface area contributed by atoms with E-state index >= 15 is 0 Å². The number of imidazole rings is 1. The summed E-state index contributed by atoms with van der Waals surface area (Å²) in [4.78, 5) is 28.6. The third kappa shape index (κ3) is 3.98. The number of nitrogens with one attached hydrogen (secondary N) is 1. The first-order valence-corrected chi connectivity index (χ1v) is 11.9. The van der Waals surface area contributed by atoms with Crippen LogP contribution in [0.25, 0.3) is 22.7 Å². The van der Waals surface area contributed by atoms with Crippen molar-refractivity contribution in [1.82, 2.24) is 29.1 Å². The van der Waals surface area contributed by atoms with Crippen LogP contribution in [-0.2, 0) is 4.79 Å². The van der Waals surface area contributed by atoms with E-state index in [-0.39, 0.29) is 11.8 Å². The van der Waals surface area contributed by atoms with Crippen LogP contribution in [-0.4, -0.2) is 48.1 Å². The van der Waals surface area contributed by atoms with Crippen LogP contribution >= 0.6 is 0 Å². The minimum absolute atomic E-state index is 0.00192. The Bertz CT molecular complexity index is 1590. The molecule has 1 fully saturated rings. The molecule has 0 radical (unpaired) electrons. The molecule has 4 aromatic heterocycles. The predicted molar refractivity (Wildman–Crippen MR) is 138 cm³/mol. The summed E-state index contributed by atoms with van der Waals surface area (Å²) in [5.74, 6) is 1.40. The zero-order valence-electron chi connectivity index (χ0n) is 20.4. The van der Waals surface area contributed by atoms with Gasteiger partial charge in [-0.25, -0.2) is 19.6 Å². The van der Waals surface area contributed by atoms with Crippen molar-refractivity contribution in [1.29, 1.82) is 0 Å². The maximum Gasteiger partial charge on any atom is 0.231 e. The number of hydrogen-bond acceptors (Lipinski definition) is 6. The van der Waals surface area contributed by atoms with Gasteiger partial charge in [-0.15, -0.1) is 0 Å². The van der Waals surface area contributed by atoms with Crippen molar-refractivity contribution < 1.29 is 4.79 Å². The summed E-state index contributed by atoms with van der Waals surface area (Å²) in [6.07, 6.45) is 5.54. The van der Waals surface area contributed by atoms with Crippen LogP contribution in [0.1, 0.15) is 17.0 Å². The lowest BCUT2D eigenvalue weighted by Gasteiger charge is -2.39. The monoisotopic (exact) mass is 478 g/mol. The van der Waals surface area contributed by atoms with E-state index in [0.717, 1.165) is 51.2 Å². The Balaban J connectivity index is 1.12. The first-order chi connectivity index (χ1) is 17.4. The smallest absolute Gasteiger partial charge is 0.231 e. The Morgan fingerprint density at radius 1 is 1.00 bits per heavy atom. The third-order valence-corrected chi connectivity index (χ3v) is 6.54. The van der Waals surface area contributed by atoms with Gasteiger partial charge in [0, 0.05) is 48.5 Å². The van der Waals surface area contributed by atoms with E-state index in [2.05, 4.69) is 25.3 Å². The Morgan fingerprint density at radius 3 is 2.61 bits per heavy atom. The Hall–Kier alpha value is -4.53. The molecule has 5 heterocycles. The summed E-state index contributed by atoms with van der Waals surface area (Å²) in [7, 11) is 0. The van der Waals surface area contributed by atoms with Gasteiger partial charge in [0.25, 0.3) is 0 Å². The van der Waals surface area contributed by atoms with Gasteiger partial charge in [-0.2, -0.15) is 5.10 Å². The zero-order chi connectivity index (χ0) is 24.8. The van der Waals surface area contributed by atoms with Gasteiger partial charge in [0.15, 0.2) is 5.82 Å². The van der Waals surface area contributed by atoms with Gasteiger partial charge in [-0.3, -0.25) is 4.79 Å². The molecule has 0 bridgehead atoms. The Kier molecular flexibility index (Phi) is 5.25. The molecule has 180 valence electrons. The van der Waals surface area contributed by atoms with Gasteiger partial charge in [0.05, 0.1) is 17.3 Å². The van der Waals surface area contributed by atoms with E-state index in [1.54, 1.807) is 6.33 Å². The second kappa shape index (κ2) is 8.60. The number of aromatic nitrogens is 6. The summed E-state index contributed by atoms with van der Waals surface area (Å²) in [6.45, 7) is 7.21. The number of rotatable bonds is 5. The van der Waals surface area contributed by atoms with Crippen LogP contribution in [0.15, 0.2) is 67.3 Å². The Labute approximate surface area is 208 Å². The number of amides is 1. The first-order valence-electron chi connectivity index (χ1n) is 11.9. The van der Waals surface area contributed by atoms with E-state index < -0.39 is 0 Å². The van der Waals surface area contributed by atoms with E-state index in [1.807, 2.05) is 90.8 Å². The lowest BCUT2D eigenvalue weighted by molar-refractivity contribution is -0.120. The molecule has 0 saturated carbocycles. The number of carbonyl (C=O) groups excluding carboxylic acids is 1. The van der Waals surface area contributed by atoms with Crippen molar-refractivity contribution in [3.05, 3.63) is 84.2 Å². The largest absolute Gasteiger partial charge is 0.355 e. The van der Waals surface area contributed by atoms with Crippen molar-refractivity contribution in [2.45, 2.75) is 20.8 Å². The van der Waals surface area contributed by atoms with Gasteiger partial charge < -0.3 is 14.6 Å². The van der Waals surface area contributed by atoms with Gasteiger partial charge in [0.1, 0.15) is 17.8 Å². The highest BCUT2D eigenvalue weighted by Gasteiger charge is 2.34. The molecule has 1 aromatic carbocycles. The SMILES string of the molecule is Cc1cc(C)n(-c2cc(N3CC(C(=O)Nc4cccc(-c5cn6cccc(C)c6n5)c4)C3)ncn2)n1. The maximum atomic E-state index is 12.9. The second-order valence-electron chi connectivity index (χ2n) is 9.29. The van der Waals surface area contributed by atoms with Crippen molar-refractivity contribution in [2.75, 3.05) is 23.3 Å². The third-order valence-electron chi connectivity index (χ3n) is 6.54. The molecule has 0 aliphatic carbocycles. The number of benzene rings is 1. The normalized spacial score (nSPS) is 13.7. The molecule has 1 N–H and O–H groups in total. The van der Waals surface area contributed by atoms with Crippen molar-refractivity contribution in [3.63, 3.8) is 0 Å². The molecule has 0 atom stereocenters. The molecule has 1 amide bonds. The first kappa shape index (κ1) is 22.0. The van der Waals surface area contributed by atoms with Crippen LogP contribution in [0.4, 0.5) is 11.5 Å². The quantitative estimate of drug-likeness (QED) is 0.411. The highest BCUT2D eigenvalue weighted by Crippen LogP contribution is 2.27. The summed E-state index contributed by atoms with van der Waals surface area (Å²) in [6, 6.07) is 15.8. The number of carbonyl (C=O) groups is 1. The minimum Gasteiger partial charge on any atom is -0.355 e. The van der Waals surface area contributed by atoms with E-state index in [9.17, 15) is 4.79 Å². The van der Waals surface area contributed by atoms with E-state index in [1.165, 1.54) is 0 Å². The summed E-state index contributed by atoms with van der Waals surface area (Å²) in [5, 5.41) is 7.57. The summed E-state index contributed by atoms with van der Waals surface area (Å²) < 4.78 is 3.83. The van der Waals surface area contributed by atoms with Crippen molar-refractivity contribution in [2.24, 2.45) is 5.92 Å². The molecule has 5 aromatic rings. The molecule has 1 aliphatic rings. The van der Waals surface area contributed by atoms with Gasteiger partial charge in [-0.1, -0.05) is 18.2 Å². The van der Waals surface area contributed by atoms with Crippen LogP contribution in [0.3, 0.4) is 0 Å². The van der Waals surface area contributed by atoms with Gasteiger partial charge in [0.2, 0.25) is 5.91 Å². The fraction of sp³-hybridized carbons (Fsp3) is 0.222. The molecule has 1 aliphatic heterocycles. The number of aryl methyl sites for hydroxylation is 3. The molecule has 0 unspecified atom stereocenters. The molecule has 0 spiro atoms. The average Bonchev–Trinajstić information content (AvgIpc) is 3.42. The number of nitrogens with zero attached hydrogens (tertiary/aromatic N) is 7. The second-order valence-corrected chi connectivity index (χ2v) is 9.29. The van der Waals surface area contributed by atoms with Gasteiger partial charge >= 0.3 is 0 Å². The zero-order valence-corrected chi connectivity index (χ0v) is 20.4. The van der Waals surface area contributed by atoms with Crippen LogP contribution < -0.4 is 10.2 Å². The molecule has 9 nitrogen and oxygen atoms in total. The number of anilines is 2. The molecular formula is C27H26N8O. The highest BCUT2D eigenvalue weighted by atomic mass is 16.2. The number of hydrogen-bond donors (Lipinski definition) is 1. The molecule has 9 heteroatoms. The topological polar surface area (TPSA) is 93.2 Å². The highest BCUT2D eigenvalue weighted by molar-refractivity contribution is 5.95. The lowest BCUT2D eigenvalue weighted by atomic mass is 9.99. The maximum absolute atomic E-state index is 12.9. The minimum atomic E-state index is -0.112. The fourth-order valence-corrected chi connectivity index (χ4v) is 4.61. The lowest BCUT2D eigenvalue weighted by Crippen LogP contribution is -2.52. The average molecular weight is 479 g/mol. The number of pyridine rings is 1. The van der Waals surface area contributed by atoms with Crippen LogP contribution in [0, 0.1) is 26.7 Å². The van der Waals surface area contributed by atoms with E-state index in [0.29, 0.717) is 13.1 Å². The Morgan fingerprint density at radius 2 is 1.83 bits per heavy atom. The van der Waals surface area contributed by atoms with Gasteiger partial charge in [-0.05, 0) is 50.6 Å². The van der Waals surface area contributed by atoms with Crippen LogP contribution in [0.5, 0.6) is 0 Å². The summed E-state index contributed by atoms with van der Waals surface area (Å²) in [5.41, 5.74) is 6.60. The fourth-order valence-electron chi connectivity index (χ4n) is 4.61. The molecule has 6 rings (SSSR count). The number of fused-ring (bicyclic) bond motifs is 1. The van der Waals surface area contributed by atoms with Crippen LogP contribution in [0.2, 0.25) is 0 Å². The molecule has 36 heavy (non-hydrogen) atoms. The predicted octanol–water partition coefficient (Wildman–Crippen LogP) is 3.98. The standard InChI is InChI=1S/C27H26N8O/c1-17-6-5-9-33-15-23(31-26(17)33)20-7-4-8-22(11-20)30-27(36)21-13-34(14-21)24-12-25(29-16-28-24)35-19(3)10-18(2)32-35/h4-12,15-16,21H,13-14H2,1-3H3,(H,30,36). The van der Waals surface area contributed by atoms with Crippen molar-refractivity contribution in [3.8, 4) is 17.1 Å². The van der Waals surface area contributed by atoms with Crippen molar-refractivity contribution >= 4 is 23.1 Å². The molecular weight excluding hydrogens is 452 g/mol. The summed E-state index contributed by atoms with van der Waals surface area (Å²) >= 11 is 0. The molecule has 1 saturated heterocycles.